The highest BCUT2D eigenvalue weighted by Crippen LogP contribution is 2.31. The normalized spacial score (nSPS) is 30.6. The molecular weight excluding hydrogens is 298 g/mol. The number of hydrogen-bond donors (Lipinski definition) is 3. The number of thiazole rings is 1. The molecule has 1 aromatic carbocycles. The Balaban J connectivity index is 1.78. The Labute approximate surface area is 124 Å². The van der Waals surface area contributed by atoms with Gasteiger partial charge in [-0.1, -0.05) is 0 Å². The lowest BCUT2D eigenvalue weighted by Crippen LogP contribution is -2.50. The smallest absolute Gasteiger partial charge is 0.173 e. The SMILES string of the molecule is Cc1nc2ccc(O[C@H]3SC[C@@H](O)[C@H](O)[C@H]3O)cc2s1. The van der Waals surface area contributed by atoms with E-state index < -0.39 is 23.7 Å². The predicted octanol–water partition coefficient (Wildman–Crippen LogP) is 1.14. The molecule has 20 heavy (non-hydrogen) atoms. The first-order valence-corrected chi connectivity index (χ1v) is 8.11. The van der Waals surface area contributed by atoms with Gasteiger partial charge in [0.25, 0.3) is 0 Å². The summed E-state index contributed by atoms with van der Waals surface area (Å²) in [5, 5.41) is 30.1. The largest absolute Gasteiger partial charge is 0.477 e. The van der Waals surface area contributed by atoms with E-state index in [4.69, 9.17) is 4.74 Å². The lowest BCUT2D eigenvalue weighted by molar-refractivity contribution is -0.0785. The summed E-state index contributed by atoms with van der Waals surface area (Å²) in [5.74, 6) is 0.964. The second kappa shape index (κ2) is 5.50. The summed E-state index contributed by atoms with van der Waals surface area (Å²) >= 11 is 2.87. The minimum absolute atomic E-state index is 0.338. The number of ether oxygens (including phenoxy) is 1. The van der Waals surface area contributed by atoms with Crippen molar-refractivity contribution in [3.63, 3.8) is 0 Å². The number of aliphatic hydroxyl groups excluding tert-OH is 3. The van der Waals surface area contributed by atoms with Crippen molar-refractivity contribution < 1.29 is 20.1 Å². The maximum Gasteiger partial charge on any atom is 0.173 e. The van der Waals surface area contributed by atoms with Crippen molar-refractivity contribution in [2.75, 3.05) is 5.75 Å². The third-order valence-electron chi connectivity index (χ3n) is 3.17. The van der Waals surface area contributed by atoms with Crippen LogP contribution in [0.15, 0.2) is 18.2 Å². The number of benzene rings is 1. The maximum absolute atomic E-state index is 9.92. The van der Waals surface area contributed by atoms with Gasteiger partial charge in [0.2, 0.25) is 0 Å². The first-order chi connectivity index (χ1) is 9.54. The van der Waals surface area contributed by atoms with Gasteiger partial charge in [-0.25, -0.2) is 4.98 Å². The average Bonchev–Trinajstić information content (AvgIpc) is 2.79. The molecule has 0 radical (unpaired) electrons. The molecule has 108 valence electrons. The molecule has 5 nitrogen and oxygen atoms in total. The zero-order chi connectivity index (χ0) is 14.3. The van der Waals surface area contributed by atoms with Crippen LogP contribution in [0, 0.1) is 6.92 Å². The van der Waals surface area contributed by atoms with Crippen LogP contribution in [0.25, 0.3) is 10.2 Å². The molecule has 1 aromatic heterocycles. The van der Waals surface area contributed by atoms with Crippen LogP contribution >= 0.6 is 23.1 Å². The van der Waals surface area contributed by atoms with Crippen molar-refractivity contribution in [1.82, 2.24) is 4.98 Å². The zero-order valence-electron chi connectivity index (χ0n) is 10.8. The van der Waals surface area contributed by atoms with E-state index in [2.05, 4.69) is 4.98 Å². The fourth-order valence-corrected chi connectivity index (χ4v) is 4.09. The van der Waals surface area contributed by atoms with Gasteiger partial charge in [-0.2, -0.15) is 0 Å². The monoisotopic (exact) mass is 313 g/mol. The average molecular weight is 313 g/mol. The Bertz CT molecular complexity index is 617. The molecule has 0 amide bonds. The van der Waals surface area contributed by atoms with E-state index in [0.717, 1.165) is 15.2 Å². The summed E-state index contributed by atoms with van der Waals surface area (Å²) in [4.78, 5) is 4.37. The molecule has 2 aromatic rings. The van der Waals surface area contributed by atoms with Gasteiger partial charge in [0.1, 0.15) is 18.0 Å². The Morgan fingerprint density at radius 1 is 1.25 bits per heavy atom. The number of aliphatic hydroxyl groups is 3. The summed E-state index contributed by atoms with van der Waals surface area (Å²) in [6.45, 7) is 1.95. The first-order valence-electron chi connectivity index (χ1n) is 6.24. The summed E-state index contributed by atoms with van der Waals surface area (Å²) in [6.07, 6.45) is -3.19. The van der Waals surface area contributed by atoms with Crippen molar-refractivity contribution in [2.45, 2.75) is 30.7 Å². The predicted molar refractivity (Wildman–Crippen MR) is 79.3 cm³/mol. The van der Waals surface area contributed by atoms with Crippen LogP contribution in [0.5, 0.6) is 5.75 Å². The standard InChI is InChI=1S/C13H15NO4S2/c1-6-14-8-3-2-7(4-10(8)20-6)18-13-12(17)11(16)9(15)5-19-13/h2-4,9,11-13,15-17H,5H2,1H3/t9-,11+,12-,13+/m1/s1. The third kappa shape index (κ3) is 2.64. The maximum atomic E-state index is 9.92. The molecule has 1 saturated heterocycles. The van der Waals surface area contributed by atoms with Crippen molar-refractivity contribution >= 4 is 33.3 Å². The van der Waals surface area contributed by atoms with E-state index in [9.17, 15) is 15.3 Å². The Morgan fingerprint density at radius 2 is 2.05 bits per heavy atom. The number of rotatable bonds is 2. The number of aromatic nitrogens is 1. The van der Waals surface area contributed by atoms with Crippen LogP contribution < -0.4 is 4.74 Å². The summed E-state index contributed by atoms with van der Waals surface area (Å²) in [7, 11) is 0. The molecule has 3 N–H and O–H groups in total. The van der Waals surface area contributed by atoms with Gasteiger partial charge >= 0.3 is 0 Å². The van der Waals surface area contributed by atoms with Gasteiger partial charge in [0, 0.05) is 5.75 Å². The van der Waals surface area contributed by atoms with Gasteiger partial charge in [-0.3, -0.25) is 0 Å². The van der Waals surface area contributed by atoms with E-state index in [1.807, 2.05) is 19.1 Å². The fraction of sp³-hybridized carbons (Fsp3) is 0.462. The molecule has 1 aliphatic rings. The molecule has 0 spiro atoms. The second-order valence-electron chi connectivity index (χ2n) is 4.73. The topological polar surface area (TPSA) is 82.8 Å². The molecule has 4 atom stereocenters. The van der Waals surface area contributed by atoms with Crippen LogP contribution in [0.3, 0.4) is 0 Å². The van der Waals surface area contributed by atoms with Gasteiger partial charge in [0.15, 0.2) is 5.44 Å². The number of fused-ring (bicyclic) bond motifs is 1. The molecule has 0 unspecified atom stereocenters. The van der Waals surface area contributed by atoms with Gasteiger partial charge in [0.05, 0.1) is 21.3 Å². The summed E-state index contributed by atoms with van der Waals surface area (Å²) < 4.78 is 6.75. The van der Waals surface area contributed by atoms with E-state index in [0.29, 0.717) is 11.5 Å². The Hall–Kier alpha value is -0.860. The van der Waals surface area contributed by atoms with E-state index in [1.54, 1.807) is 17.4 Å². The molecule has 7 heteroatoms. The molecular formula is C13H15NO4S2. The van der Waals surface area contributed by atoms with Gasteiger partial charge in [-0.05, 0) is 25.1 Å². The number of hydrogen-bond acceptors (Lipinski definition) is 7. The number of thioether (sulfide) groups is 1. The highest BCUT2D eigenvalue weighted by molar-refractivity contribution is 7.99. The summed E-state index contributed by atoms with van der Waals surface area (Å²) in [6, 6.07) is 5.55. The lowest BCUT2D eigenvalue weighted by Gasteiger charge is -2.34. The van der Waals surface area contributed by atoms with E-state index >= 15 is 0 Å². The lowest BCUT2D eigenvalue weighted by atomic mass is 10.1. The quantitative estimate of drug-likeness (QED) is 0.771. The molecule has 2 heterocycles. The fourth-order valence-electron chi connectivity index (χ4n) is 2.11. The Morgan fingerprint density at radius 3 is 2.85 bits per heavy atom. The molecule has 0 aliphatic carbocycles. The molecule has 3 rings (SSSR count). The van der Waals surface area contributed by atoms with Crippen LogP contribution in [0.1, 0.15) is 5.01 Å². The third-order valence-corrected chi connectivity index (χ3v) is 5.34. The van der Waals surface area contributed by atoms with Crippen molar-refractivity contribution in [2.24, 2.45) is 0 Å². The van der Waals surface area contributed by atoms with Crippen molar-refractivity contribution in [3.8, 4) is 5.75 Å². The van der Waals surface area contributed by atoms with Crippen LogP contribution in [-0.4, -0.2) is 49.8 Å². The highest BCUT2D eigenvalue weighted by Gasteiger charge is 2.38. The van der Waals surface area contributed by atoms with Crippen LogP contribution in [0.4, 0.5) is 0 Å². The molecule has 1 aliphatic heterocycles. The highest BCUT2D eigenvalue weighted by atomic mass is 32.2. The van der Waals surface area contributed by atoms with Gasteiger partial charge < -0.3 is 20.1 Å². The number of aryl methyl sites for hydroxylation is 1. The van der Waals surface area contributed by atoms with Crippen LogP contribution in [0.2, 0.25) is 0 Å². The van der Waals surface area contributed by atoms with Crippen molar-refractivity contribution in [3.05, 3.63) is 23.2 Å². The van der Waals surface area contributed by atoms with E-state index in [1.165, 1.54) is 11.8 Å². The zero-order valence-corrected chi connectivity index (χ0v) is 12.4. The van der Waals surface area contributed by atoms with Crippen LogP contribution in [-0.2, 0) is 0 Å². The minimum atomic E-state index is -1.17. The molecule has 1 fully saturated rings. The first kappa shape index (κ1) is 14.1. The molecule has 0 bridgehead atoms. The van der Waals surface area contributed by atoms with Gasteiger partial charge in [-0.15, -0.1) is 23.1 Å². The summed E-state index contributed by atoms with van der Waals surface area (Å²) in [5.41, 5.74) is 0.340. The molecule has 0 saturated carbocycles. The number of nitrogens with zero attached hydrogens (tertiary/aromatic N) is 1. The Kier molecular flexibility index (Phi) is 3.87. The van der Waals surface area contributed by atoms with E-state index in [-0.39, 0.29) is 0 Å². The second-order valence-corrected chi connectivity index (χ2v) is 7.10. The minimum Gasteiger partial charge on any atom is -0.477 e. The van der Waals surface area contributed by atoms with Crippen molar-refractivity contribution in [1.29, 1.82) is 0 Å².